The first-order chi connectivity index (χ1) is 11.7. The van der Waals surface area contributed by atoms with Gasteiger partial charge >= 0.3 is 6.09 Å². The molecule has 2 heterocycles. The van der Waals surface area contributed by atoms with Crippen molar-refractivity contribution in [3.8, 4) is 0 Å². The number of rotatable bonds is 4. The van der Waals surface area contributed by atoms with Gasteiger partial charge in [0.1, 0.15) is 18.0 Å². The standard InChI is InChI=1S/C16H27N5O3S/c1-5-6-12-17-18-14(25)21(12)11-13(22)19-7-9-20(10-8-19)15(23)24-16(2,3)4/h5-11H2,1-4H3,(H,18,25). The minimum absolute atomic E-state index is 0.0151. The Hall–Kier alpha value is -1.90. The number of nitrogens with one attached hydrogen (secondary N) is 1. The zero-order valence-corrected chi connectivity index (χ0v) is 16.2. The topological polar surface area (TPSA) is 83.5 Å². The predicted molar refractivity (Wildman–Crippen MR) is 95.8 cm³/mol. The number of nitrogens with zero attached hydrogens (tertiary/aromatic N) is 4. The Bertz CT molecular complexity index is 668. The Morgan fingerprint density at radius 1 is 1.20 bits per heavy atom. The number of piperazine rings is 1. The molecule has 1 saturated heterocycles. The number of aryl methyl sites for hydroxylation is 1. The molecule has 1 aromatic heterocycles. The SMILES string of the molecule is CCCc1n[nH]c(=S)n1CC(=O)N1CCN(C(=O)OC(C)(C)C)CC1. The van der Waals surface area contributed by atoms with Crippen LogP contribution in [0.15, 0.2) is 0 Å². The summed E-state index contributed by atoms with van der Waals surface area (Å²) in [5.41, 5.74) is -0.516. The number of aromatic nitrogens is 3. The highest BCUT2D eigenvalue weighted by atomic mass is 32.1. The van der Waals surface area contributed by atoms with Crippen LogP contribution in [-0.4, -0.2) is 68.3 Å². The lowest BCUT2D eigenvalue weighted by Crippen LogP contribution is -2.52. The number of amides is 2. The van der Waals surface area contributed by atoms with Crippen molar-refractivity contribution < 1.29 is 14.3 Å². The van der Waals surface area contributed by atoms with Crippen LogP contribution in [0.2, 0.25) is 0 Å². The zero-order valence-electron chi connectivity index (χ0n) is 15.4. The van der Waals surface area contributed by atoms with E-state index in [-0.39, 0.29) is 18.5 Å². The zero-order chi connectivity index (χ0) is 18.6. The van der Waals surface area contributed by atoms with Crippen LogP contribution in [0.4, 0.5) is 4.79 Å². The first-order valence-electron chi connectivity index (χ1n) is 8.61. The van der Waals surface area contributed by atoms with Gasteiger partial charge in [-0.2, -0.15) is 5.10 Å². The number of hydrogen-bond donors (Lipinski definition) is 1. The van der Waals surface area contributed by atoms with Gasteiger partial charge in [0.05, 0.1) is 0 Å². The summed E-state index contributed by atoms with van der Waals surface area (Å²) >= 11 is 5.22. The molecule has 1 aromatic rings. The third-order valence-electron chi connectivity index (χ3n) is 3.89. The van der Waals surface area contributed by atoms with Crippen LogP contribution in [0.3, 0.4) is 0 Å². The van der Waals surface area contributed by atoms with E-state index in [0.29, 0.717) is 31.0 Å². The number of hydrogen-bond acceptors (Lipinski definition) is 5. The molecule has 0 atom stereocenters. The van der Waals surface area contributed by atoms with Crippen molar-refractivity contribution in [2.24, 2.45) is 0 Å². The Morgan fingerprint density at radius 2 is 1.80 bits per heavy atom. The smallest absolute Gasteiger partial charge is 0.410 e. The molecule has 1 fully saturated rings. The molecular formula is C16H27N5O3S. The monoisotopic (exact) mass is 369 g/mol. The molecule has 1 N–H and O–H groups in total. The molecule has 2 amide bonds. The van der Waals surface area contributed by atoms with E-state index in [1.807, 2.05) is 20.8 Å². The van der Waals surface area contributed by atoms with Crippen LogP contribution in [0.25, 0.3) is 0 Å². The molecule has 140 valence electrons. The molecule has 25 heavy (non-hydrogen) atoms. The number of carbonyl (C=O) groups excluding carboxylic acids is 2. The number of H-pyrrole nitrogens is 1. The van der Waals surface area contributed by atoms with Crippen LogP contribution in [0, 0.1) is 4.77 Å². The second kappa shape index (κ2) is 7.99. The van der Waals surface area contributed by atoms with Gasteiger partial charge in [0.2, 0.25) is 5.91 Å². The summed E-state index contributed by atoms with van der Waals surface area (Å²) in [6, 6.07) is 0. The summed E-state index contributed by atoms with van der Waals surface area (Å²) in [6.07, 6.45) is 1.37. The van der Waals surface area contributed by atoms with Crippen molar-refractivity contribution in [3.63, 3.8) is 0 Å². The lowest BCUT2D eigenvalue weighted by Gasteiger charge is -2.35. The van der Waals surface area contributed by atoms with Crippen molar-refractivity contribution in [2.45, 2.75) is 52.7 Å². The van der Waals surface area contributed by atoms with Crippen LogP contribution in [0.5, 0.6) is 0 Å². The molecule has 1 aliphatic rings. The van der Waals surface area contributed by atoms with Crippen LogP contribution >= 0.6 is 12.2 Å². The number of carbonyl (C=O) groups is 2. The van der Waals surface area contributed by atoms with E-state index in [4.69, 9.17) is 17.0 Å². The normalized spacial score (nSPS) is 15.4. The average molecular weight is 369 g/mol. The minimum atomic E-state index is -0.516. The fraction of sp³-hybridized carbons (Fsp3) is 0.750. The molecule has 8 nitrogen and oxygen atoms in total. The van der Waals surface area contributed by atoms with Gasteiger partial charge in [0.25, 0.3) is 0 Å². The maximum absolute atomic E-state index is 12.6. The number of aromatic amines is 1. The Balaban J connectivity index is 1.91. The molecule has 0 bridgehead atoms. The van der Waals surface area contributed by atoms with Gasteiger partial charge < -0.3 is 14.5 Å². The fourth-order valence-electron chi connectivity index (χ4n) is 2.63. The highest BCUT2D eigenvalue weighted by Crippen LogP contribution is 2.12. The van der Waals surface area contributed by atoms with Crippen molar-refractivity contribution in [1.29, 1.82) is 0 Å². The van der Waals surface area contributed by atoms with Crippen LogP contribution in [-0.2, 0) is 22.5 Å². The molecule has 0 unspecified atom stereocenters. The summed E-state index contributed by atoms with van der Waals surface area (Å²) in [7, 11) is 0. The lowest BCUT2D eigenvalue weighted by atomic mass is 10.2. The molecule has 2 rings (SSSR count). The molecule has 0 radical (unpaired) electrons. The van der Waals surface area contributed by atoms with E-state index in [2.05, 4.69) is 17.1 Å². The molecule has 0 aromatic carbocycles. The van der Waals surface area contributed by atoms with E-state index in [9.17, 15) is 9.59 Å². The van der Waals surface area contributed by atoms with Gasteiger partial charge in [0, 0.05) is 32.6 Å². The van der Waals surface area contributed by atoms with E-state index in [1.54, 1.807) is 14.4 Å². The Morgan fingerprint density at radius 3 is 2.36 bits per heavy atom. The first-order valence-corrected chi connectivity index (χ1v) is 9.02. The molecule has 0 aliphatic carbocycles. The summed E-state index contributed by atoms with van der Waals surface area (Å²) < 4.78 is 7.58. The summed E-state index contributed by atoms with van der Waals surface area (Å²) in [5, 5.41) is 6.93. The quantitative estimate of drug-likeness (QED) is 0.821. The van der Waals surface area contributed by atoms with Gasteiger partial charge in [-0.25, -0.2) is 4.79 Å². The second-order valence-corrected chi connectivity index (χ2v) is 7.52. The van der Waals surface area contributed by atoms with Crippen molar-refractivity contribution >= 4 is 24.2 Å². The Labute approximate surface area is 153 Å². The molecule has 9 heteroatoms. The molecule has 0 saturated carbocycles. The maximum atomic E-state index is 12.6. The molecular weight excluding hydrogens is 342 g/mol. The minimum Gasteiger partial charge on any atom is -0.444 e. The van der Waals surface area contributed by atoms with Crippen molar-refractivity contribution in [1.82, 2.24) is 24.6 Å². The summed E-state index contributed by atoms with van der Waals surface area (Å²) in [5.74, 6) is 0.784. The largest absolute Gasteiger partial charge is 0.444 e. The third-order valence-corrected chi connectivity index (χ3v) is 4.20. The second-order valence-electron chi connectivity index (χ2n) is 7.13. The van der Waals surface area contributed by atoms with E-state index in [1.165, 1.54) is 0 Å². The maximum Gasteiger partial charge on any atom is 0.410 e. The van der Waals surface area contributed by atoms with Crippen molar-refractivity contribution in [3.05, 3.63) is 10.6 Å². The van der Waals surface area contributed by atoms with E-state index >= 15 is 0 Å². The highest BCUT2D eigenvalue weighted by Gasteiger charge is 2.28. The summed E-state index contributed by atoms with van der Waals surface area (Å²) in [6.45, 7) is 9.68. The predicted octanol–water partition coefficient (Wildman–Crippen LogP) is 1.97. The van der Waals surface area contributed by atoms with Gasteiger partial charge in [-0.3, -0.25) is 14.5 Å². The average Bonchev–Trinajstić information content (AvgIpc) is 2.87. The Kier molecular flexibility index (Phi) is 6.21. The van der Waals surface area contributed by atoms with E-state index < -0.39 is 5.60 Å². The van der Waals surface area contributed by atoms with E-state index in [0.717, 1.165) is 18.7 Å². The third kappa shape index (κ3) is 5.29. The lowest BCUT2D eigenvalue weighted by molar-refractivity contribution is -0.133. The fourth-order valence-corrected chi connectivity index (χ4v) is 2.84. The molecule has 1 aliphatic heterocycles. The summed E-state index contributed by atoms with van der Waals surface area (Å²) in [4.78, 5) is 28.0. The van der Waals surface area contributed by atoms with Gasteiger partial charge in [-0.15, -0.1) is 0 Å². The van der Waals surface area contributed by atoms with Crippen molar-refractivity contribution in [2.75, 3.05) is 26.2 Å². The van der Waals surface area contributed by atoms with Gasteiger partial charge in [-0.1, -0.05) is 6.92 Å². The van der Waals surface area contributed by atoms with Crippen LogP contribution in [0.1, 0.15) is 39.9 Å². The number of ether oxygens (including phenoxy) is 1. The van der Waals surface area contributed by atoms with Gasteiger partial charge in [-0.05, 0) is 39.4 Å². The highest BCUT2D eigenvalue weighted by molar-refractivity contribution is 7.71. The molecule has 0 spiro atoms. The van der Waals surface area contributed by atoms with Gasteiger partial charge in [0.15, 0.2) is 4.77 Å². The first kappa shape index (κ1) is 19.4. The van der Waals surface area contributed by atoms with Crippen LogP contribution < -0.4 is 0 Å².